The number of esters is 1. The number of hydrogen-bond acceptors (Lipinski definition) is 5. The predicted octanol–water partition coefficient (Wildman–Crippen LogP) is 3.97. The number of nitrogens with one attached hydrogen (secondary N) is 1. The van der Waals surface area contributed by atoms with Gasteiger partial charge in [-0.05, 0) is 57.9 Å². The normalized spacial score (nSPS) is 20.4. The second-order valence-corrected chi connectivity index (χ2v) is 10.3. The molecule has 0 radical (unpaired) electrons. The molecule has 8 nitrogen and oxygen atoms in total. The number of carbonyl (C=O) groups excluding carboxylic acids is 3. The van der Waals surface area contributed by atoms with Gasteiger partial charge in [0, 0.05) is 50.5 Å². The number of ether oxygens (including phenoxy) is 1. The van der Waals surface area contributed by atoms with Gasteiger partial charge in [-0.1, -0.05) is 41.5 Å². The van der Waals surface area contributed by atoms with E-state index in [2.05, 4.69) is 10.2 Å². The Bertz CT molecular complexity index is 1250. The van der Waals surface area contributed by atoms with Crippen LogP contribution in [0.15, 0.2) is 53.7 Å². The van der Waals surface area contributed by atoms with Gasteiger partial charge >= 0.3 is 12.0 Å². The number of benzene rings is 2. The molecule has 2 atom stereocenters. The highest BCUT2D eigenvalue weighted by Crippen LogP contribution is 2.33. The van der Waals surface area contributed by atoms with E-state index < -0.39 is 12.0 Å². The molecule has 1 N–H and O–H groups in total. The zero-order valence-corrected chi connectivity index (χ0v) is 23.2. The number of carbonyl (C=O) groups is 3. The monoisotopic (exact) mass is 518 g/mol. The molecule has 2 aliphatic rings. The van der Waals surface area contributed by atoms with Crippen molar-refractivity contribution >= 4 is 17.9 Å². The Kier molecular flexibility index (Phi) is 8.21. The molecule has 2 heterocycles. The van der Waals surface area contributed by atoms with Gasteiger partial charge in [0.15, 0.2) is 0 Å². The van der Waals surface area contributed by atoms with Gasteiger partial charge in [-0.3, -0.25) is 14.6 Å². The SMILES string of the molecule is CCOC(=O)C1=C(CN2CCN(C(=O)c3ccc(C)cc3)C(C)C2)N(C)C(=O)NC1c1ccc(C)cc1C. The first-order valence-electron chi connectivity index (χ1n) is 13.2. The van der Waals surface area contributed by atoms with Crippen molar-refractivity contribution in [3.63, 3.8) is 0 Å². The lowest BCUT2D eigenvalue weighted by Crippen LogP contribution is -2.56. The number of likely N-dealkylation sites (N-methyl/N-ethyl adjacent to an activating group) is 1. The Labute approximate surface area is 225 Å². The number of urea groups is 1. The summed E-state index contributed by atoms with van der Waals surface area (Å²) < 4.78 is 5.48. The maximum Gasteiger partial charge on any atom is 0.338 e. The highest BCUT2D eigenvalue weighted by Gasteiger charge is 2.39. The van der Waals surface area contributed by atoms with E-state index in [4.69, 9.17) is 4.74 Å². The van der Waals surface area contributed by atoms with Crippen LogP contribution in [0.1, 0.15) is 52.5 Å². The minimum atomic E-state index is -0.602. The molecular formula is C30H38N4O4. The lowest BCUT2D eigenvalue weighted by molar-refractivity contribution is -0.139. The van der Waals surface area contributed by atoms with Crippen LogP contribution in [-0.4, -0.2) is 78.5 Å². The van der Waals surface area contributed by atoms with Gasteiger partial charge in [-0.25, -0.2) is 9.59 Å². The lowest BCUT2D eigenvalue weighted by Gasteiger charge is -2.42. The number of hydrogen-bond donors (Lipinski definition) is 1. The second-order valence-electron chi connectivity index (χ2n) is 10.3. The Hall–Kier alpha value is -3.65. The first-order chi connectivity index (χ1) is 18.1. The largest absolute Gasteiger partial charge is 0.463 e. The van der Waals surface area contributed by atoms with Crippen molar-refractivity contribution in [2.75, 3.05) is 39.8 Å². The molecule has 0 aromatic heterocycles. The molecule has 0 saturated carbocycles. The summed E-state index contributed by atoms with van der Waals surface area (Å²) in [5.74, 6) is -0.409. The maximum absolute atomic E-state index is 13.3. The topological polar surface area (TPSA) is 82.2 Å². The molecule has 4 rings (SSSR count). The van der Waals surface area contributed by atoms with Gasteiger partial charge in [-0.15, -0.1) is 0 Å². The molecule has 2 aliphatic heterocycles. The molecule has 1 fully saturated rings. The molecule has 2 unspecified atom stereocenters. The molecule has 2 aromatic carbocycles. The summed E-state index contributed by atoms with van der Waals surface area (Å²) in [7, 11) is 1.68. The van der Waals surface area contributed by atoms with Crippen molar-refractivity contribution in [1.29, 1.82) is 0 Å². The van der Waals surface area contributed by atoms with Gasteiger partial charge in [-0.2, -0.15) is 0 Å². The highest BCUT2D eigenvalue weighted by molar-refractivity contribution is 5.95. The minimum Gasteiger partial charge on any atom is -0.463 e. The number of rotatable bonds is 6. The van der Waals surface area contributed by atoms with E-state index in [9.17, 15) is 14.4 Å². The quantitative estimate of drug-likeness (QED) is 0.586. The van der Waals surface area contributed by atoms with Gasteiger partial charge in [0.2, 0.25) is 0 Å². The summed E-state index contributed by atoms with van der Waals surface area (Å²) in [6.07, 6.45) is 0. The lowest BCUT2D eigenvalue weighted by atomic mass is 9.90. The summed E-state index contributed by atoms with van der Waals surface area (Å²) in [4.78, 5) is 45.2. The van der Waals surface area contributed by atoms with Gasteiger partial charge in [0.05, 0.1) is 18.2 Å². The number of nitrogens with zero attached hydrogens (tertiary/aromatic N) is 3. The Morgan fingerprint density at radius 3 is 2.34 bits per heavy atom. The third kappa shape index (κ3) is 5.60. The molecule has 202 valence electrons. The van der Waals surface area contributed by atoms with E-state index in [-0.39, 0.29) is 24.6 Å². The molecule has 3 amide bonds. The summed E-state index contributed by atoms with van der Waals surface area (Å²) >= 11 is 0. The van der Waals surface area contributed by atoms with Crippen LogP contribution in [0.3, 0.4) is 0 Å². The van der Waals surface area contributed by atoms with Crippen molar-refractivity contribution in [2.24, 2.45) is 0 Å². The number of aryl methyl sites for hydroxylation is 3. The zero-order valence-electron chi connectivity index (χ0n) is 23.2. The smallest absolute Gasteiger partial charge is 0.338 e. The van der Waals surface area contributed by atoms with E-state index in [0.29, 0.717) is 43.0 Å². The fourth-order valence-electron chi connectivity index (χ4n) is 5.33. The van der Waals surface area contributed by atoms with Crippen LogP contribution in [0.2, 0.25) is 0 Å². The Morgan fingerprint density at radius 1 is 1.03 bits per heavy atom. The predicted molar refractivity (Wildman–Crippen MR) is 147 cm³/mol. The van der Waals surface area contributed by atoms with Crippen molar-refractivity contribution in [3.8, 4) is 0 Å². The van der Waals surface area contributed by atoms with Crippen molar-refractivity contribution in [2.45, 2.75) is 46.7 Å². The minimum absolute atomic E-state index is 0.0210. The zero-order chi connectivity index (χ0) is 27.6. The van der Waals surface area contributed by atoms with Crippen molar-refractivity contribution < 1.29 is 19.1 Å². The Balaban J connectivity index is 1.61. The van der Waals surface area contributed by atoms with Crippen LogP contribution >= 0.6 is 0 Å². The molecule has 0 bridgehead atoms. The van der Waals surface area contributed by atoms with Crippen LogP contribution < -0.4 is 5.32 Å². The molecule has 38 heavy (non-hydrogen) atoms. The van der Waals surface area contributed by atoms with Crippen LogP contribution in [0.25, 0.3) is 0 Å². The van der Waals surface area contributed by atoms with Gasteiger partial charge in [0.25, 0.3) is 5.91 Å². The fraction of sp³-hybridized carbons (Fsp3) is 0.433. The first-order valence-corrected chi connectivity index (χ1v) is 13.2. The van der Waals surface area contributed by atoms with Gasteiger partial charge in [0.1, 0.15) is 0 Å². The van der Waals surface area contributed by atoms with E-state index >= 15 is 0 Å². The number of piperazine rings is 1. The molecule has 0 aliphatic carbocycles. The molecule has 1 saturated heterocycles. The Morgan fingerprint density at radius 2 is 1.71 bits per heavy atom. The molecule has 8 heteroatoms. The van der Waals surface area contributed by atoms with E-state index in [0.717, 1.165) is 22.3 Å². The van der Waals surface area contributed by atoms with E-state index in [1.54, 1.807) is 14.0 Å². The molecular weight excluding hydrogens is 480 g/mol. The third-order valence-corrected chi connectivity index (χ3v) is 7.45. The highest BCUT2D eigenvalue weighted by atomic mass is 16.5. The van der Waals surface area contributed by atoms with Crippen LogP contribution in [0.4, 0.5) is 4.79 Å². The summed E-state index contributed by atoms with van der Waals surface area (Å²) in [6.45, 7) is 12.3. The average Bonchev–Trinajstić information content (AvgIpc) is 2.87. The fourth-order valence-corrected chi connectivity index (χ4v) is 5.33. The third-order valence-electron chi connectivity index (χ3n) is 7.45. The number of amides is 3. The van der Waals surface area contributed by atoms with Crippen molar-refractivity contribution in [1.82, 2.24) is 20.0 Å². The average molecular weight is 519 g/mol. The van der Waals surface area contributed by atoms with E-state index in [1.807, 2.05) is 75.1 Å². The van der Waals surface area contributed by atoms with Crippen molar-refractivity contribution in [3.05, 3.63) is 81.6 Å². The van der Waals surface area contributed by atoms with Crippen LogP contribution in [0.5, 0.6) is 0 Å². The maximum atomic E-state index is 13.3. The van der Waals surface area contributed by atoms with E-state index in [1.165, 1.54) is 4.90 Å². The van der Waals surface area contributed by atoms with Crippen LogP contribution in [-0.2, 0) is 9.53 Å². The standard InChI is InChI=1S/C30H38N4O4/c1-7-38-29(36)26-25(32(6)30(37)31-27(26)24-13-10-20(3)16-21(24)4)18-33-14-15-34(22(5)17-33)28(35)23-11-8-19(2)9-12-23/h8-13,16,22,27H,7,14-15,17-18H2,1-6H3,(H,31,37). The summed E-state index contributed by atoms with van der Waals surface area (Å²) in [5.41, 5.74) is 5.86. The first kappa shape index (κ1) is 27.4. The molecule has 2 aromatic rings. The second kappa shape index (κ2) is 11.4. The summed E-state index contributed by atoms with van der Waals surface area (Å²) in [5, 5.41) is 3.01. The van der Waals surface area contributed by atoms with Gasteiger partial charge < -0.3 is 15.0 Å². The summed E-state index contributed by atoms with van der Waals surface area (Å²) in [6, 6.07) is 12.8. The molecule has 0 spiro atoms. The van der Waals surface area contributed by atoms with Crippen LogP contribution in [0, 0.1) is 20.8 Å².